The molecule has 1 amide bonds. The fourth-order valence-corrected chi connectivity index (χ4v) is 4.31. The van der Waals surface area contributed by atoms with Crippen LogP contribution >= 0.6 is 0 Å². The number of anilines is 1. The van der Waals surface area contributed by atoms with Crippen molar-refractivity contribution in [2.24, 2.45) is 0 Å². The maximum absolute atomic E-state index is 13.6. The largest absolute Gasteiger partial charge is 0.482 e. The standard InChI is InChI=1S/C20H20F4N2O6S/c21-15-3-1-2-4-17(15)31-12-19(27)25-16-11-14(5-6-18(16)32-13-20(22,23)24)33(28,29)26-7-9-30-10-8-26/h1-6,11H,7-10,12-13H2,(H,25,27). The van der Waals surface area contributed by atoms with Gasteiger partial charge in [-0.3, -0.25) is 4.79 Å². The molecule has 180 valence electrons. The monoisotopic (exact) mass is 492 g/mol. The number of nitrogens with one attached hydrogen (secondary N) is 1. The zero-order valence-corrected chi connectivity index (χ0v) is 17.9. The third-order valence-electron chi connectivity index (χ3n) is 4.42. The van der Waals surface area contributed by atoms with E-state index in [1.54, 1.807) is 0 Å². The van der Waals surface area contributed by atoms with Crippen LogP contribution in [-0.4, -0.2) is 64.3 Å². The number of sulfonamides is 1. The number of hydrogen-bond acceptors (Lipinski definition) is 6. The molecule has 0 bridgehead atoms. The first-order chi connectivity index (χ1) is 15.6. The average molecular weight is 492 g/mol. The summed E-state index contributed by atoms with van der Waals surface area (Å²) in [6.07, 6.45) is -4.66. The zero-order chi connectivity index (χ0) is 24.1. The number of hydrogen-bond donors (Lipinski definition) is 1. The lowest BCUT2D eigenvalue weighted by atomic mass is 10.3. The summed E-state index contributed by atoms with van der Waals surface area (Å²) in [7, 11) is -4.00. The summed E-state index contributed by atoms with van der Waals surface area (Å²) in [6.45, 7) is -1.73. The summed E-state index contributed by atoms with van der Waals surface area (Å²) in [5, 5.41) is 2.27. The Kier molecular flexibility index (Phi) is 7.76. The van der Waals surface area contributed by atoms with Crippen LogP contribution in [0.3, 0.4) is 0 Å². The number of para-hydroxylation sites is 1. The van der Waals surface area contributed by atoms with Gasteiger partial charge in [0.1, 0.15) is 5.75 Å². The number of ether oxygens (including phenoxy) is 3. The highest BCUT2D eigenvalue weighted by Crippen LogP contribution is 2.31. The van der Waals surface area contributed by atoms with E-state index in [2.05, 4.69) is 5.32 Å². The molecule has 1 N–H and O–H groups in total. The Morgan fingerprint density at radius 1 is 1.06 bits per heavy atom. The second-order valence-electron chi connectivity index (χ2n) is 6.85. The van der Waals surface area contributed by atoms with E-state index in [1.165, 1.54) is 18.2 Å². The van der Waals surface area contributed by atoms with Crippen molar-refractivity contribution in [3.63, 3.8) is 0 Å². The average Bonchev–Trinajstić information content (AvgIpc) is 2.77. The van der Waals surface area contributed by atoms with Gasteiger partial charge in [0.25, 0.3) is 5.91 Å². The lowest BCUT2D eigenvalue weighted by molar-refractivity contribution is -0.153. The predicted octanol–water partition coefficient (Wildman–Crippen LogP) is 2.81. The maximum Gasteiger partial charge on any atom is 0.422 e. The molecular weight excluding hydrogens is 472 g/mol. The van der Waals surface area contributed by atoms with Crippen molar-refractivity contribution in [2.45, 2.75) is 11.1 Å². The van der Waals surface area contributed by atoms with Crippen LogP contribution in [0.1, 0.15) is 0 Å². The van der Waals surface area contributed by atoms with Crippen molar-refractivity contribution in [3.05, 3.63) is 48.3 Å². The van der Waals surface area contributed by atoms with Gasteiger partial charge < -0.3 is 19.5 Å². The topological polar surface area (TPSA) is 94.2 Å². The number of carbonyl (C=O) groups excluding carboxylic acids is 1. The van der Waals surface area contributed by atoms with E-state index in [9.17, 15) is 30.8 Å². The second kappa shape index (κ2) is 10.4. The van der Waals surface area contributed by atoms with Gasteiger partial charge in [0.15, 0.2) is 24.8 Å². The van der Waals surface area contributed by atoms with Gasteiger partial charge >= 0.3 is 6.18 Å². The molecule has 1 aliphatic heterocycles. The molecule has 8 nitrogen and oxygen atoms in total. The number of morpholine rings is 1. The van der Waals surface area contributed by atoms with Gasteiger partial charge in [0.2, 0.25) is 10.0 Å². The SMILES string of the molecule is O=C(COc1ccccc1F)Nc1cc(S(=O)(=O)N2CCOCC2)ccc1OCC(F)(F)F. The number of amides is 1. The highest BCUT2D eigenvalue weighted by molar-refractivity contribution is 7.89. The van der Waals surface area contributed by atoms with Crippen LogP contribution in [-0.2, 0) is 19.6 Å². The smallest absolute Gasteiger partial charge is 0.422 e. The molecule has 2 aromatic carbocycles. The van der Waals surface area contributed by atoms with Crippen LogP contribution in [0.25, 0.3) is 0 Å². The number of alkyl halides is 3. The summed E-state index contributed by atoms with van der Waals surface area (Å²) in [5.74, 6) is -2.17. The highest BCUT2D eigenvalue weighted by atomic mass is 32.2. The molecule has 1 saturated heterocycles. The normalized spacial score (nSPS) is 15.2. The third-order valence-corrected chi connectivity index (χ3v) is 6.31. The van der Waals surface area contributed by atoms with Gasteiger partial charge in [-0.15, -0.1) is 0 Å². The molecule has 1 aliphatic rings. The molecule has 0 aliphatic carbocycles. The molecule has 0 spiro atoms. The lowest BCUT2D eigenvalue weighted by Crippen LogP contribution is -2.40. The van der Waals surface area contributed by atoms with Crippen LogP contribution in [0.4, 0.5) is 23.2 Å². The van der Waals surface area contributed by atoms with Crippen molar-refractivity contribution in [1.82, 2.24) is 4.31 Å². The van der Waals surface area contributed by atoms with E-state index in [-0.39, 0.29) is 42.6 Å². The van der Waals surface area contributed by atoms with Crippen molar-refractivity contribution in [2.75, 3.05) is 44.8 Å². The van der Waals surface area contributed by atoms with Gasteiger partial charge in [-0.05, 0) is 30.3 Å². The first kappa shape index (κ1) is 24.7. The molecule has 2 aromatic rings. The van der Waals surface area contributed by atoms with Crippen molar-refractivity contribution in [1.29, 1.82) is 0 Å². The molecule has 33 heavy (non-hydrogen) atoms. The fraction of sp³-hybridized carbons (Fsp3) is 0.350. The number of halogens is 4. The Labute approximate surface area is 187 Å². The van der Waals surface area contributed by atoms with Crippen molar-refractivity contribution < 1.29 is 45.0 Å². The first-order valence-corrected chi connectivity index (χ1v) is 11.1. The Bertz CT molecular complexity index is 1090. The zero-order valence-electron chi connectivity index (χ0n) is 17.1. The molecule has 3 rings (SSSR count). The van der Waals surface area contributed by atoms with E-state index in [4.69, 9.17) is 14.2 Å². The van der Waals surface area contributed by atoms with E-state index in [0.29, 0.717) is 0 Å². The Balaban J connectivity index is 1.81. The molecule has 0 aromatic heterocycles. The molecule has 1 heterocycles. The minimum atomic E-state index is -4.66. The number of benzene rings is 2. The van der Waals surface area contributed by atoms with E-state index in [0.717, 1.165) is 28.6 Å². The molecule has 0 radical (unpaired) electrons. The van der Waals surface area contributed by atoms with Gasteiger partial charge in [0.05, 0.1) is 23.8 Å². The summed E-state index contributed by atoms with van der Waals surface area (Å²) < 4.78 is 93.3. The highest BCUT2D eigenvalue weighted by Gasteiger charge is 2.30. The van der Waals surface area contributed by atoms with Gasteiger partial charge in [-0.25, -0.2) is 12.8 Å². The summed E-state index contributed by atoms with van der Waals surface area (Å²) >= 11 is 0. The quantitative estimate of drug-likeness (QED) is 0.570. The Morgan fingerprint density at radius 3 is 2.42 bits per heavy atom. The molecule has 13 heteroatoms. The fourth-order valence-electron chi connectivity index (χ4n) is 2.88. The van der Waals surface area contributed by atoms with E-state index >= 15 is 0 Å². The summed E-state index contributed by atoms with van der Waals surface area (Å²) in [4.78, 5) is 12.0. The third kappa shape index (κ3) is 6.79. The maximum atomic E-state index is 13.6. The van der Waals surface area contributed by atoms with Crippen molar-refractivity contribution >= 4 is 21.6 Å². The Morgan fingerprint density at radius 2 is 1.76 bits per heavy atom. The number of rotatable bonds is 8. The van der Waals surface area contributed by atoms with Crippen LogP contribution < -0.4 is 14.8 Å². The van der Waals surface area contributed by atoms with Crippen LogP contribution in [0, 0.1) is 5.82 Å². The van der Waals surface area contributed by atoms with E-state index < -0.39 is 46.9 Å². The van der Waals surface area contributed by atoms with Gasteiger partial charge in [-0.1, -0.05) is 12.1 Å². The van der Waals surface area contributed by atoms with Gasteiger partial charge in [0, 0.05) is 13.1 Å². The predicted molar refractivity (Wildman–Crippen MR) is 108 cm³/mol. The molecule has 0 atom stereocenters. The van der Waals surface area contributed by atoms with Crippen molar-refractivity contribution in [3.8, 4) is 11.5 Å². The summed E-state index contributed by atoms with van der Waals surface area (Å²) in [5.41, 5.74) is -0.310. The Hall–Kier alpha value is -2.90. The van der Waals surface area contributed by atoms with Crippen LogP contribution in [0.15, 0.2) is 47.4 Å². The number of carbonyl (C=O) groups is 1. The molecule has 1 fully saturated rings. The second-order valence-corrected chi connectivity index (χ2v) is 8.78. The summed E-state index contributed by atoms with van der Waals surface area (Å²) in [6, 6.07) is 8.42. The minimum absolute atomic E-state index is 0.104. The van der Waals surface area contributed by atoms with Crippen LogP contribution in [0.5, 0.6) is 11.5 Å². The molecular formula is C20H20F4N2O6S. The lowest BCUT2D eigenvalue weighted by Gasteiger charge is -2.26. The minimum Gasteiger partial charge on any atom is -0.482 e. The molecule has 0 unspecified atom stereocenters. The van der Waals surface area contributed by atoms with E-state index in [1.807, 2.05) is 0 Å². The first-order valence-electron chi connectivity index (χ1n) is 9.65. The molecule has 0 saturated carbocycles. The van der Waals surface area contributed by atoms with Crippen LogP contribution in [0.2, 0.25) is 0 Å². The number of nitrogens with zero attached hydrogens (tertiary/aromatic N) is 1. The van der Waals surface area contributed by atoms with Gasteiger partial charge in [-0.2, -0.15) is 17.5 Å².